The molecule has 0 heterocycles. The van der Waals surface area contributed by atoms with Crippen LogP contribution in [0.5, 0.6) is 0 Å². The highest BCUT2D eigenvalue weighted by molar-refractivity contribution is 9.11. The summed E-state index contributed by atoms with van der Waals surface area (Å²) in [5.41, 5.74) is 2.51. The van der Waals surface area contributed by atoms with Crippen molar-refractivity contribution >= 4 is 37.4 Å². The highest BCUT2D eigenvalue weighted by Gasteiger charge is 1.93. The van der Waals surface area contributed by atoms with Crippen molar-refractivity contribution in [3.8, 4) is 0 Å². The molecule has 0 nitrogen and oxygen atoms in total. The summed E-state index contributed by atoms with van der Waals surface area (Å²) < 4.78 is 2.25. The number of hydrogen-bond acceptors (Lipinski definition) is 0. The number of allylic oxidation sites excluding steroid dienone is 4. The van der Waals surface area contributed by atoms with Crippen LogP contribution in [0.4, 0.5) is 0 Å². The van der Waals surface area contributed by atoms with E-state index in [4.69, 9.17) is 0 Å². The molecule has 0 unspecified atom stereocenters. The van der Waals surface area contributed by atoms with Crippen molar-refractivity contribution in [2.24, 2.45) is 0 Å². The Morgan fingerprint density at radius 2 is 1.64 bits per heavy atom. The van der Waals surface area contributed by atoms with Gasteiger partial charge >= 0.3 is 0 Å². The summed E-state index contributed by atoms with van der Waals surface area (Å²) in [7, 11) is 0. The third kappa shape index (κ3) is 3.81. The summed E-state index contributed by atoms with van der Waals surface area (Å²) in [4.78, 5) is 0. The first-order valence-electron chi connectivity index (χ1n) is 4.36. The maximum atomic E-state index is 3.42. The molecule has 0 spiro atoms. The molecule has 0 aliphatic heterocycles. The van der Waals surface area contributed by atoms with Crippen LogP contribution in [0.1, 0.15) is 19.4 Å². The van der Waals surface area contributed by atoms with Gasteiger partial charge in [0.2, 0.25) is 0 Å². The van der Waals surface area contributed by atoms with Gasteiger partial charge in [-0.25, -0.2) is 0 Å². The van der Waals surface area contributed by atoms with Crippen LogP contribution in [0.25, 0.3) is 5.57 Å². The van der Waals surface area contributed by atoms with Gasteiger partial charge in [-0.15, -0.1) is 0 Å². The minimum absolute atomic E-state index is 1.11. The molecule has 2 heteroatoms. The zero-order chi connectivity index (χ0) is 10.6. The molecule has 0 saturated carbocycles. The SMILES string of the molecule is C/C(Br)=C\C=C(/C)c1ccc(Br)cc1. The van der Waals surface area contributed by atoms with E-state index < -0.39 is 0 Å². The molecule has 0 amide bonds. The van der Waals surface area contributed by atoms with Crippen LogP contribution >= 0.6 is 31.9 Å². The number of rotatable bonds is 2. The highest BCUT2D eigenvalue weighted by Crippen LogP contribution is 2.18. The van der Waals surface area contributed by atoms with Crippen molar-refractivity contribution in [1.29, 1.82) is 0 Å². The fourth-order valence-electron chi connectivity index (χ4n) is 1.05. The first-order chi connectivity index (χ1) is 6.59. The van der Waals surface area contributed by atoms with E-state index >= 15 is 0 Å². The van der Waals surface area contributed by atoms with E-state index in [0.29, 0.717) is 0 Å². The van der Waals surface area contributed by atoms with Gasteiger partial charge in [0.25, 0.3) is 0 Å². The monoisotopic (exact) mass is 314 g/mol. The molecule has 1 aromatic rings. The van der Waals surface area contributed by atoms with Crippen LogP contribution in [-0.2, 0) is 0 Å². The van der Waals surface area contributed by atoms with Gasteiger partial charge in [-0.3, -0.25) is 0 Å². The average molecular weight is 316 g/mol. The van der Waals surface area contributed by atoms with Gasteiger partial charge in [-0.2, -0.15) is 0 Å². The van der Waals surface area contributed by atoms with Gasteiger partial charge in [0.15, 0.2) is 0 Å². The van der Waals surface area contributed by atoms with Crippen LogP contribution in [0, 0.1) is 0 Å². The van der Waals surface area contributed by atoms with Crippen molar-refractivity contribution < 1.29 is 0 Å². The quantitative estimate of drug-likeness (QED) is 0.662. The number of benzene rings is 1. The molecule has 0 atom stereocenters. The Hall–Kier alpha value is -0.340. The average Bonchev–Trinajstić information content (AvgIpc) is 2.15. The van der Waals surface area contributed by atoms with Crippen LogP contribution < -0.4 is 0 Å². The van der Waals surface area contributed by atoms with E-state index in [2.05, 4.69) is 75.2 Å². The lowest BCUT2D eigenvalue weighted by atomic mass is 10.1. The predicted octanol–water partition coefficient (Wildman–Crippen LogP) is 5.15. The highest BCUT2D eigenvalue weighted by atomic mass is 79.9. The Bertz CT molecular complexity index is 354. The van der Waals surface area contributed by atoms with E-state index in [9.17, 15) is 0 Å². The van der Waals surface area contributed by atoms with Crippen LogP contribution in [0.15, 0.2) is 45.4 Å². The van der Waals surface area contributed by atoms with Crippen molar-refractivity contribution in [3.05, 3.63) is 50.9 Å². The molecule has 0 aromatic heterocycles. The minimum atomic E-state index is 1.11. The molecular weight excluding hydrogens is 304 g/mol. The van der Waals surface area contributed by atoms with Crippen LogP contribution in [-0.4, -0.2) is 0 Å². The Morgan fingerprint density at radius 1 is 1.07 bits per heavy atom. The van der Waals surface area contributed by atoms with Gasteiger partial charge in [0.1, 0.15) is 0 Å². The lowest BCUT2D eigenvalue weighted by Gasteiger charge is -2.00. The Kier molecular flexibility index (Phi) is 4.63. The zero-order valence-electron chi connectivity index (χ0n) is 8.22. The van der Waals surface area contributed by atoms with Gasteiger partial charge in [-0.1, -0.05) is 56.1 Å². The molecular formula is C12H12Br2. The Morgan fingerprint density at radius 3 is 2.14 bits per heavy atom. The predicted molar refractivity (Wildman–Crippen MR) is 70.5 cm³/mol. The fourth-order valence-corrected chi connectivity index (χ4v) is 1.45. The third-order valence-electron chi connectivity index (χ3n) is 1.86. The molecule has 0 fully saturated rings. The Labute approximate surface area is 102 Å². The molecule has 1 rings (SSSR count). The van der Waals surface area contributed by atoms with Gasteiger partial charge in [0, 0.05) is 4.47 Å². The summed E-state index contributed by atoms with van der Waals surface area (Å²) >= 11 is 6.81. The van der Waals surface area contributed by atoms with Crippen molar-refractivity contribution in [2.75, 3.05) is 0 Å². The standard InChI is InChI=1S/C12H12Br2/c1-9(3-4-10(2)13)11-5-7-12(14)8-6-11/h3-8H,1-2H3/b9-3+,10-4+. The molecule has 0 aliphatic rings. The van der Waals surface area contributed by atoms with Gasteiger partial charge in [-0.05, 0) is 41.6 Å². The van der Waals surface area contributed by atoms with E-state index in [-0.39, 0.29) is 0 Å². The van der Waals surface area contributed by atoms with Crippen molar-refractivity contribution in [1.82, 2.24) is 0 Å². The second kappa shape index (κ2) is 5.52. The number of halogens is 2. The summed E-state index contributed by atoms with van der Waals surface area (Å²) in [5, 5.41) is 0. The number of hydrogen-bond donors (Lipinski definition) is 0. The van der Waals surface area contributed by atoms with Crippen LogP contribution in [0.3, 0.4) is 0 Å². The zero-order valence-corrected chi connectivity index (χ0v) is 11.4. The summed E-state index contributed by atoms with van der Waals surface area (Å²) in [6.07, 6.45) is 4.16. The lowest BCUT2D eigenvalue weighted by Crippen LogP contribution is -1.77. The molecule has 0 N–H and O–H groups in total. The second-order valence-electron chi connectivity index (χ2n) is 3.11. The molecule has 0 radical (unpaired) electrons. The summed E-state index contributed by atoms with van der Waals surface area (Å²) in [5.74, 6) is 0. The largest absolute Gasteiger partial charge is 0.0579 e. The third-order valence-corrected chi connectivity index (χ3v) is 2.66. The summed E-state index contributed by atoms with van der Waals surface area (Å²) in [6, 6.07) is 8.31. The van der Waals surface area contributed by atoms with Crippen LogP contribution in [0.2, 0.25) is 0 Å². The normalized spacial score (nSPS) is 13.1. The minimum Gasteiger partial charge on any atom is -0.0579 e. The van der Waals surface area contributed by atoms with E-state index in [1.165, 1.54) is 11.1 Å². The molecule has 0 aliphatic carbocycles. The van der Waals surface area contributed by atoms with E-state index in [1.54, 1.807) is 0 Å². The molecule has 14 heavy (non-hydrogen) atoms. The molecule has 0 saturated heterocycles. The second-order valence-corrected chi connectivity index (χ2v) is 5.28. The van der Waals surface area contributed by atoms with Gasteiger partial charge in [0.05, 0.1) is 0 Å². The maximum absolute atomic E-state index is 3.42. The van der Waals surface area contributed by atoms with E-state index in [0.717, 1.165) is 8.96 Å². The topological polar surface area (TPSA) is 0 Å². The summed E-state index contributed by atoms with van der Waals surface area (Å²) in [6.45, 7) is 4.13. The first-order valence-corrected chi connectivity index (χ1v) is 5.95. The van der Waals surface area contributed by atoms with Crippen molar-refractivity contribution in [2.45, 2.75) is 13.8 Å². The molecule has 74 valence electrons. The first kappa shape index (κ1) is 11.7. The Balaban J connectivity index is 2.89. The van der Waals surface area contributed by atoms with Gasteiger partial charge < -0.3 is 0 Å². The maximum Gasteiger partial charge on any atom is 0.0175 e. The molecule has 0 bridgehead atoms. The van der Waals surface area contributed by atoms with Crippen molar-refractivity contribution in [3.63, 3.8) is 0 Å². The fraction of sp³-hybridized carbons (Fsp3) is 0.167. The lowest BCUT2D eigenvalue weighted by molar-refractivity contribution is 1.54. The van der Waals surface area contributed by atoms with E-state index in [1.807, 2.05) is 6.92 Å². The smallest absolute Gasteiger partial charge is 0.0175 e. The molecule has 1 aromatic carbocycles.